The topological polar surface area (TPSA) is 122 Å². The smallest absolute Gasteiger partial charge is 0.311 e. The summed E-state index contributed by atoms with van der Waals surface area (Å²) in [6.45, 7) is 13.7. The zero-order valence-electron chi connectivity index (χ0n) is 30.3. The van der Waals surface area contributed by atoms with Gasteiger partial charge in [0.1, 0.15) is 17.2 Å². The second-order valence-corrected chi connectivity index (χ2v) is 13.8. The lowest BCUT2D eigenvalue weighted by atomic mass is 9.65. The van der Waals surface area contributed by atoms with E-state index in [0.717, 1.165) is 38.2 Å². The van der Waals surface area contributed by atoms with Gasteiger partial charge in [0.25, 0.3) is 11.8 Å². The Bertz CT molecular complexity index is 1600. The van der Waals surface area contributed by atoms with Crippen molar-refractivity contribution in [2.45, 2.75) is 137 Å². The van der Waals surface area contributed by atoms with E-state index in [4.69, 9.17) is 10.1 Å². The number of nitrogens with one attached hydrogen (secondary N) is 2. The fraction of sp³-hybridized carbons (Fsp3) is 0.605. The van der Waals surface area contributed by atoms with Crippen molar-refractivity contribution in [3.63, 3.8) is 0 Å². The molecule has 0 saturated carbocycles. The maximum absolute atomic E-state index is 14.3. The minimum Gasteiger partial charge on any atom is -0.420 e. The highest BCUT2D eigenvalue weighted by atomic mass is 19.1. The van der Waals surface area contributed by atoms with Crippen molar-refractivity contribution in [3.8, 4) is 5.75 Å². The number of fused-ring (bicyclic) bond motifs is 4. The van der Waals surface area contributed by atoms with Crippen LogP contribution in [0.15, 0.2) is 29.2 Å². The van der Waals surface area contributed by atoms with Gasteiger partial charge in [0.15, 0.2) is 5.69 Å². The molecule has 3 atom stereocenters. The average molecular weight is 687 g/mol. The monoisotopic (exact) mass is 686 g/mol. The van der Waals surface area contributed by atoms with Crippen LogP contribution in [0.2, 0.25) is 0 Å². The Morgan fingerprint density at radius 2 is 1.73 bits per heavy atom. The minimum absolute atomic E-state index is 0. The molecular formula is C38H56F2N4O5. The normalized spacial score (nSPS) is 21.2. The molecule has 49 heavy (non-hydrogen) atoms. The van der Waals surface area contributed by atoms with Gasteiger partial charge in [-0.2, -0.15) is 0 Å². The van der Waals surface area contributed by atoms with Crippen LogP contribution in [-0.2, 0) is 16.9 Å². The Hall–Kier alpha value is -3.89. The fourth-order valence-corrected chi connectivity index (χ4v) is 7.03. The highest BCUT2D eigenvalue weighted by Crippen LogP contribution is 2.51. The SMILES string of the molecule is CC.CCCCCCCCCC(=O)Oc1c2n(cc(C(=O)NCc3ccc(F)cc3F)c1=O)[C@]1(C)CN(C2=O)[C@@H](C)CC[C@]1(C)CC(C)=N.[HH]. The molecule has 2 aliphatic heterocycles. The Morgan fingerprint density at radius 3 is 2.37 bits per heavy atom. The van der Waals surface area contributed by atoms with Crippen LogP contribution in [0.3, 0.4) is 0 Å². The third-order valence-electron chi connectivity index (χ3n) is 10.1. The second-order valence-electron chi connectivity index (χ2n) is 13.8. The summed E-state index contributed by atoms with van der Waals surface area (Å²) in [6.07, 6.45) is 9.99. The number of benzene rings is 1. The van der Waals surface area contributed by atoms with Crippen LogP contribution >= 0.6 is 0 Å². The molecule has 2 amide bonds. The highest BCUT2D eigenvalue weighted by molar-refractivity contribution is 6.00. The van der Waals surface area contributed by atoms with Crippen LogP contribution in [0, 0.1) is 22.5 Å². The number of amides is 2. The van der Waals surface area contributed by atoms with E-state index < -0.39 is 51.6 Å². The zero-order valence-corrected chi connectivity index (χ0v) is 30.3. The molecule has 0 spiro atoms. The van der Waals surface area contributed by atoms with E-state index in [1.54, 1.807) is 16.4 Å². The van der Waals surface area contributed by atoms with Crippen molar-refractivity contribution in [1.82, 2.24) is 14.8 Å². The molecule has 3 heterocycles. The number of rotatable bonds is 14. The van der Waals surface area contributed by atoms with E-state index in [-0.39, 0.29) is 43.8 Å². The molecule has 4 rings (SSSR count). The summed E-state index contributed by atoms with van der Waals surface area (Å²) in [5.41, 5.74) is -2.39. The number of halogens is 2. The molecule has 0 aliphatic carbocycles. The molecule has 1 aromatic heterocycles. The van der Waals surface area contributed by atoms with E-state index in [0.29, 0.717) is 37.5 Å². The molecule has 1 aromatic carbocycles. The van der Waals surface area contributed by atoms with Crippen LogP contribution in [0.5, 0.6) is 5.75 Å². The van der Waals surface area contributed by atoms with Gasteiger partial charge in [0, 0.05) is 50.5 Å². The molecule has 2 N–H and O–H groups in total. The molecule has 2 aromatic rings. The van der Waals surface area contributed by atoms with E-state index in [2.05, 4.69) is 12.2 Å². The van der Waals surface area contributed by atoms with Crippen LogP contribution < -0.4 is 15.5 Å². The maximum Gasteiger partial charge on any atom is 0.311 e. The Balaban J connectivity index is 0.00000284. The minimum atomic E-state index is -0.921. The van der Waals surface area contributed by atoms with Crippen LogP contribution in [0.4, 0.5) is 8.78 Å². The Morgan fingerprint density at radius 1 is 1.08 bits per heavy atom. The first-order valence-electron chi connectivity index (χ1n) is 17.8. The summed E-state index contributed by atoms with van der Waals surface area (Å²) < 4.78 is 35.1. The maximum atomic E-state index is 14.3. The third kappa shape index (κ3) is 8.83. The number of carbonyl (C=O) groups excluding carboxylic acids is 3. The quantitative estimate of drug-likeness (QED) is 0.118. The van der Waals surface area contributed by atoms with Gasteiger partial charge in [-0.3, -0.25) is 19.2 Å². The third-order valence-corrected chi connectivity index (χ3v) is 10.1. The number of nitrogens with zero attached hydrogens (tertiary/aromatic N) is 2. The van der Waals surface area contributed by atoms with Crippen LogP contribution in [0.25, 0.3) is 0 Å². The fourth-order valence-electron chi connectivity index (χ4n) is 7.03. The first kappa shape index (κ1) is 39.5. The van der Waals surface area contributed by atoms with Crippen molar-refractivity contribution in [2.75, 3.05) is 6.54 Å². The van der Waals surface area contributed by atoms with E-state index in [9.17, 15) is 28.0 Å². The Labute approximate surface area is 290 Å². The second kappa shape index (κ2) is 17.2. The molecule has 2 bridgehead atoms. The molecule has 272 valence electrons. The van der Waals surface area contributed by atoms with Crippen molar-refractivity contribution >= 4 is 23.5 Å². The summed E-state index contributed by atoms with van der Waals surface area (Å²) in [5.74, 6) is -4.11. The van der Waals surface area contributed by atoms with Gasteiger partial charge >= 0.3 is 5.97 Å². The lowest BCUT2D eigenvalue weighted by Gasteiger charge is -2.52. The first-order valence-corrected chi connectivity index (χ1v) is 17.8. The molecule has 2 aliphatic rings. The van der Waals surface area contributed by atoms with Gasteiger partial charge < -0.3 is 24.9 Å². The number of hydrogen-bond donors (Lipinski definition) is 2. The van der Waals surface area contributed by atoms with Gasteiger partial charge in [-0.15, -0.1) is 0 Å². The highest BCUT2D eigenvalue weighted by Gasteiger charge is 2.55. The van der Waals surface area contributed by atoms with Gasteiger partial charge in [-0.1, -0.05) is 72.3 Å². The van der Waals surface area contributed by atoms with Gasteiger partial charge in [-0.25, -0.2) is 8.78 Å². The van der Waals surface area contributed by atoms with Crippen molar-refractivity contribution in [1.29, 1.82) is 5.41 Å². The van der Waals surface area contributed by atoms with Crippen molar-refractivity contribution in [3.05, 3.63) is 63.1 Å². The number of ether oxygens (including phenoxy) is 1. The Kier molecular flexibility index (Phi) is 13.9. The summed E-state index contributed by atoms with van der Waals surface area (Å²) in [5, 5.41) is 10.9. The lowest BCUT2D eigenvalue weighted by Crippen LogP contribution is -2.60. The van der Waals surface area contributed by atoms with E-state index >= 15 is 0 Å². The lowest BCUT2D eigenvalue weighted by molar-refractivity contribution is -0.134. The molecule has 1 fully saturated rings. The number of pyridine rings is 1. The number of unbranched alkanes of at least 4 members (excludes halogenated alkanes) is 6. The number of carbonyl (C=O) groups is 3. The predicted octanol–water partition coefficient (Wildman–Crippen LogP) is 8.16. The van der Waals surface area contributed by atoms with E-state index in [1.165, 1.54) is 18.7 Å². The van der Waals surface area contributed by atoms with Crippen LogP contribution in [-0.4, -0.2) is 45.5 Å². The molecule has 9 nitrogen and oxygen atoms in total. The number of esters is 1. The summed E-state index contributed by atoms with van der Waals surface area (Å²) in [7, 11) is 0. The summed E-state index contributed by atoms with van der Waals surface area (Å²) >= 11 is 0. The van der Waals surface area contributed by atoms with Gasteiger partial charge in [0.2, 0.25) is 11.2 Å². The molecule has 0 radical (unpaired) electrons. The van der Waals surface area contributed by atoms with E-state index in [1.807, 2.05) is 34.6 Å². The predicted molar refractivity (Wildman–Crippen MR) is 189 cm³/mol. The molecule has 11 heteroatoms. The summed E-state index contributed by atoms with van der Waals surface area (Å²) in [4.78, 5) is 56.6. The summed E-state index contributed by atoms with van der Waals surface area (Å²) in [6, 6.07) is 2.80. The average Bonchev–Trinajstić information content (AvgIpc) is 3.13. The largest absolute Gasteiger partial charge is 0.420 e. The molecule has 1 saturated heterocycles. The zero-order chi connectivity index (χ0) is 36.5. The standard InChI is InChI=1S/C36H48F2N4O5.C2H6.H2/c1-6-7-8-9-10-11-12-13-29(43)47-32-30-34(46)41-22-36(5,35(4,19-23(2)39)17-16-24(41)3)42(30)21-27(31(32)44)33(45)40-20-25-14-15-26(37)18-28(25)38;1-2;/h14-15,18,21,24,39H,6-13,16-17,19-20,22H2,1-5H3,(H,40,45);1-2H3;1H/t24-,35+,36+;;/m0../s1. The number of aromatic nitrogens is 1. The number of hydrogen-bond acceptors (Lipinski definition) is 6. The van der Waals surface area contributed by atoms with Crippen LogP contribution in [0.1, 0.15) is 147 Å². The molecule has 0 unspecified atom stereocenters. The van der Waals surface area contributed by atoms with Crippen molar-refractivity contribution in [2.24, 2.45) is 5.41 Å². The van der Waals surface area contributed by atoms with Crippen molar-refractivity contribution < 1.29 is 29.3 Å². The van der Waals surface area contributed by atoms with Gasteiger partial charge in [0.05, 0.1) is 5.54 Å². The van der Waals surface area contributed by atoms with Gasteiger partial charge in [-0.05, 0) is 57.9 Å². The first-order chi connectivity index (χ1) is 23.2. The molecular weight excluding hydrogens is 630 g/mol.